The number of aromatic nitrogens is 2. The first-order valence-corrected chi connectivity index (χ1v) is 12.1. The molecule has 3 N–H and O–H groups in total. The Morgan fingerprint density at radius 1 is 1.19 bits per heavy atom. The fourth-order valence-electron chi connectivity index (χ4n) is 4.65. The molecule has 2 aromatic rings. The van der Waals surface area contributed by atoms with E-state index in [0.29, 0.717) is 11.2 Å². The molecule has 1 aliphatic carbocycles. The van der Waals surface area contributed by atoms with E-state index in [0.717, 1.165) is 25.7 Å². The molecule has 0 bridgehead atoms. The number of hydrogen-bond donors (Lipinski definition) is 2. The van der Waals surface area contributed by atoms with Crippen LogP contribution < -0.4 is 16.5 Å². The molecule has 2 atom stereocenters. The maximum Gasteiger partial charge on any atom is 0.495 e. The number of methoxy groups -OCH3 is 1. The van der Waals surface area contributed by atoms with E-state index in [1.165, 1.54) is 7.11 Å². The summed E-state index contributed by atoms with van der Waals surface area (Å²) in [6.07, 6.45) is 5.16. The van der Waals surface area contributed by atoms with Gasteiger partial charge in [0.1, 0.15) is 5.56 Å². The second kappa shape index (κ2) is 9.60. The van der Waals surface area contributed by atoms with Crippen LogP contribution in [0.2, 0.25) is 0 Å². The lowest BCUT2D eigenvalue weighted by Gasteiger charge is -2.32. The first-order chi connectivity index (χ1) is 17.0. The van der Waals surface area contributed by atoms with Crippen LogP contribution in [0.4, 0.5) is 11.5 Å². The Morgan fingerprint density at radius 3 is 2.47 bits per heavy atom. The van der Waals surface area contributed by atoms with Gasteiger partial charge in [-0.05, 0) is 58.1 Å². The first kappa shape index (κ1) is 25.7. The summed E-state index contributed by atoms with van der Waals surface area (Å²) in [6, 6.07) is 7.31. The number of hydrogen-bond acceptors (Lipinski definition) is 8. The number of benzene rings is 1. The molecule has 2 fully saturated rings. The van der Waals surface area contributed by atoms with Crippen LogP contribution in [0.3, 0.4) is 0 Å². The number of nitrogens with one attached hydrogen (secondary N) is 1. The van der Waals surface area contributed by atoms with Crippen LogP contribution in [0, 0.1) is 17.2 Å². The van der Waals surface area contributed by atoms with Crippen molar-refractivity contribution >= 4 is 36.0 Å². The quantitative estimate of drug-likeness (QED) is 0.462. The first-order valence-electron chi connectivity index (χ1n) is 12.1. The minimum absolute atomic E-state index is 0.131. The molecule has 2 aliphatic rings. The number of carbonyl (C=O) groups is 2. The van der Waals surface area contributed by atoms with Crippen molar-refractivity contribution in [2.24, 2.45) is 11.7 Å². The Kier molecular flexibility index (Phi) is 6.86. The number of nitrogens with zero attached hydrogens (tertiary/aromatic N) is 3. The predicted octanol–water partition coefficient (Wildman–Crippen LogP) is 3.07. The largest absolute Gasteiger partial charge is 0.495 e. The van der Waals surface area contributed by atoms with E-state index in [1.54, 1.807) is 29.1 Å². The highest BCUT2D eigenvalue weighted by atomic mass is 16.7. The second-order valence-electron chi connectivity index (χ2n) is 10.3. The average Bonchev–Trinajstić information content (AvgIpc) is 3.35. The van der Waals surface area contributed by atoms with Gasteiger partial charge in [0.25, 0.3) is 5.91 Å². The monoisotopic (exact) mass is 493 g/mol. The molecule has 4 rings (SSSR count). The zero-order valence-electron chi connectivity index (χ0n) is 21.3. The lowest BCUT2D eigenvalue weighted by molar-refractivity contribution is 0.00578. The molecule has 0 radical (unpaired) electrons. The summed E-state index contributed by atoms with van der Waals surface area (Å²) < 4.78 is 18.9. The lowest BCUT2D eigenvalue weighted by atomic mass is 9.75. The van der Waals surface area contributed by atoms with Crippen molar-refractivity contribution in [1.82, 2.24) is 9.78 Å². The minimum Gasteiger partial charge on any atom is -0.465 e. The van der Waals surface area contributed by atoms with Crippen LogP contribution >= 0.6 is 0 Å². The molecule has 1 saturated carbocycles. The van der Waals surface area contributed by atoms with Gasteiger partial charge in [0.15, 0.2) is 5.82 Å². The van der Waals surface area contributed by atoms with Gasteiger partial charge < -0.3 is 25.1 Å². The molecule has 1 aliphatic heterocycles. The fourth-order valence-corrected chi connectivity index (χ4v) is 4.65. The maximum atomic E-state index is 12.7. The van der Waals surface area contributed by atoms with Crippen molar-refractivity contribution in [2.75, 3.05) is 12.4 Å². The van der Waals surface area contributed by atoms with E-state index in [2.05, 4.69) is 16.5 Å². The van der Waals surface area contributed by atoms with Crippen LogP contribution in [0.1, 0.15) is 80.1 Å². The third-order valence-corrected chi connectivity index (χ3v) is 7.46. The van der Waals surface area contributed by atoms with E-state index in [9.17, 15) is 14.9 Å². The molecule has 190 valence electrons. The second-order valence-corrected chi connectivity index (χ2v) is 10.3. The lowest BCUT2D eigenvalue weighted by Crippen LogP contribution is -2.41. The molecule has 1 aromatic carbocycles. The number of nitriles is 1. The normalized spacial score (nSPS) is 22.6. The van der Waals surface area contributed by atoms with E-state index in [1.807, 2.05) is 27.7 Å². The van der Waals surface area contributed by atoms with Crippen molar-refractivity contribution < 1.29 is 23.6 Å². The zero-order chi connectivity index (χ0) is 26.3. The van der Waals surface area contributed by atoms with Crippen molar-refractivity contribution in [3.05, 3.63) is 35.5 Å². The number of anilines is 2. The molecular weight excluding hydrogens is 461 g/mol. The molecule has 1 saturated heterocycles. The van der Waals surface area contributed by atoms with Crippen molar-refractivity contribution in [3.8, 4) is 6.07 Å². The minimum atomic E-state index is -0.757. The van der Waals surface area contributed by atoms with Gasteiger partial charge in [-0.25, -0.2) is 4.79 Å². The SMILES string of the molecule is COC(=O)c1cc(Nc2nn([C@@H]3CCCC[C@H]3C#N)cc2C(N)=O)ccc1B1OC(C)(C)C(C)(C)O1. The van der Waals surface area contributed by atoms with Crippen LogP contribution in [0.15, 0.2) is 24.4 Å². The number of esters is 1. The Balaban J connectivity index is 1.67. The van der Waals surface area contributed by atoms with Gasteiger partial charge in [-0.1, -0.05) is 18.9 Å². The molecule has 1 amide bonds. The van der Waals surface area contributed by atoms with Crippen molar-refractivity contribution in [3.63, 3.8) is 0 Å². The third kappa shape index (κ3) is 4.71. The number of primary amides is 1. The van der Waals surface area contributed by atoms with Crippen LogP contribution in [0.5, 0.6) is 0 Å². The van der Waals surface area contributed by atoms with Gasteiger partial charge in [-0.2, -0.15) is 10.4 Å². The molecule has 0 spiro atoms. The summed E-state index contributed by atoms with van der Waals surface area (Å²) in [5.41, 5.74) is 5.98. The van der Waals surface area contributed by atoms with Gasteiger partial charge in [-0.3, -0.25) is 9.48 Å². The summed E-state index contributed by atoms with van der Waals surface area (Å²) in [5.74, 6) is -1.13. The van der Waals surface area contributed by atoms with Gasteiger partial charge in [0, 0.05) is 11.9 Å². The van der Waals surface area contributed by atoms with Crippen molar-refractivity contribution in [1.29, 1.82) is 5.26 Å². The van der Waals surface area contributed by atoms with E-state index >= 15 is 0 Å². The highest BCUT2D eigenvalue weighted by Crippen LogP contribution is 2.37. The number of rotatable bonds is 6. The van der Waals surface area contributed by atoms with Crippen LogP contribution in [0.25, 0.3) is 0 Å². The predicted molar refractivity (Wildman–Crippen MR) is 134 cm³/mol. The molecule has 11 heteroatoms. The Hall–Kier alpha value is -3.36. The molecule has 36 heavy (non-hydrogen) atoms. The number of carbonyl (C=O) groups excluding carboxylic acids is 2. The standard InChI is InChI=1S/C25H32BN5O5/c1-24(2)25(3,4)36-26(35-24)19-11-10-16(12-17(19)23(33)34-5)29-22-18(21(28)32)14-31(30-22)20-9-7-6-8-15(20)13-27/h10-12,14-15,20H,6-9H2,1-5H3,(H2,28,32)(H,29,30)/t15-,20+/m0/s1. The summed E-state index contributed by atoms with van der Waals surface area (Å²) >= 11 is 0. The topological polar surface area (TPSA) is 141 Å². The molecule has 1 aromatic heterocycles. The molecular formula is C25H32BN5O5. The Bertz CT molecular complexity index is 1200. The fraction of sp³-hybridized carbons (Fsp3) is 0.520. The van der Waals surface area contributed by atoms with Crippen LogP contribution in [-0.2, 0) is 14.0 Å². The van der Waals surface area contributed by atoms with Crippen LogP contribution in [-0.4, -0.2) is 47.1 Å². The third-order valence-electron chi connectivity index (χ3n) is 7.46. The molecule has 2 heterocycles. The highest BCUT2D eigenvalue weighted by molar-refractivity contribution is 6.63. The highest BCUT2D eigenvalue weighted by Gasteiger charge is 2.52. The summed E-state index contributed by atoms with van der Waals surface area (Å²) in [7, 11) is 0.548. The molecule has 0 unspecified atom stereocenters. The molecule has 10 nitrogen and oxygen atoms in total. The van der Waals surface area contributed by atoms with Gasteiger partial charge in [-0.15, -0.1) is 0 Å². The maximum absolute atomic E-state index is 12.7. The Morgan fingerprint density at radius 2 is 1.86 bits per heavy atom. The van der Waals surface area contributed by atoms with E-state index in [4.69, 9.17) is 19.8 Å². The van der Waals surface area contributed by atoms with Gasteiger partial charge in [0.05, 0.1) is 41.9 Å². The summed E-state index contributed by atoms with van der Waals surface area (Å²) in [5, 5.41) is 17.2. The number of nitrogens with two attached hydrogens (primary N) is 1. The van der Waals surface area contributed by atoms with Gasteiger partial charge >= 0.3 is 13.1 Å². The van der Waals surface area contributed by atoms with E-state index in [-0.39, 0.29) is 28.9 Å². The smallest absolute Gasteiger partial charge is 0.465 e. The van der Waals surface area contributed by atoms with E-state index < -0.39 is 30.2 Å². The zero-order valence-corrected chi connectivity index (χ0v) is 21.3. The van der Waals surface area contributed by atoms with Gasteiger partial charge in [0.2, 0.25) is 0 Å². The average molecular weight is 493 g/mol. The van der Waals surface area contributed by atoms with Crippen molar-refractivity contribution in [2.45, 2.75) is 70.6 Å². The summed E-state index contributed by atoms with van der Waals surface area (Å²) in [6.45, 7) is 7.74. The number of ether oxygens (including phenoxy) is 1. The Labute approximate surface area is 211 Å². The summed E-state index contributed by atoms with van der Waals surface area (Å²) in [4.78, 5) is 24.9. The number of amides is 1.